The van der Waals surface area contributed by atoms with Crippen molar-refractivity contribution in [2.75, 3.05) is 0 Å². The van der Waals surface area contributed by atoms with E-state index >= 15 is 0 Å². The van der Waals surface area contributed by atoms with Gasteiger partial charge in [-0.25, -0.2) is 0 Å². The van der Waals surface area contributed by atoms with Crippen molar-refractivity contribution in [1.82, 2.24) is 0 Å². The molecule has 2 nitrogen and oxygen atoms in total. The zero-order valence-corrected chi connectivity index (χ0v) is 10.0. The van der Waals surface area contributed by atoms with Crippen LogP contribution < -0.4 is 0 Å². The summed E-state index contributed by atoms with van der Waals surface area (Å²) in [6.07, 6.45) is 2.12. The van der Waals surface area contributed by atoms with Gasteiger partial charge < -0.3 is 5.11 Å². The smallest absolute Gasteiger partial charge is 0.133 e. The lowest BCUT2D eigenvalue weighted by Crippen LogP contribution is -2.30. The van der Waals surface area contributed by atoms with Crippen molar-refractivity contribution in [3.63, 3.8) is 0 Å². The number of ketones is 1. The highest BCUT2D eigenvalue weighted by atomic mass is 79.9. The molecular formula is C10H11BrO2S. The Morgan fingerprint density at radius 1 is 1.43 bits per heavy atom. The van der Waals surface area contributed by atoms with E-state index < -0.39 is 5.60 Å². The lowest BCUT2D eigenvalue weighted by Gasteiger charge is -2.30. The molecule has 0 unspecified atom stereocenters. The molecule has 0 atom stereocenters. The van der Waals surface area contributed by atoms with Gasteiger partial charge in [-0.3, -0.25) is 4.79 Å². The summed E-state index contributed by atoms with van der Waals surface area (Å²) in [4.78, 5) is 12.0. The number of carbonyl (C=O) groups excluding carboxylic acids is 1. The van der Waals surface area contributed by atoms with Crippen molar-refractivity contribution >= 4 is 33.0 Å². The summed E-state index contributed by atoms with van der Waals surface area (Å²) in [7, 11) is 0. The van der Waals surface area contributed by atoms with Crippen LogP contribution in [-0.4, -0.2) is 10.9 Å². The van der Waals surface area contributed by atoms with E-state index in [-0.39, 0.29) is 5.78 Å². The summed E-state index contributed by atoms with van der Waals surface area (Å²) in [5.74, 6) is 0.266. The Bertz CT molecular complexity index is 349. The molecular weight excluding hydrogens is 264 g/mol. The maximum Gasteiger partial charge on any atom is 0.133 e. The van der Waals surface area contributed by atoms with E-state index in [4.69, 9.17) is 0 Å². The van der Waals surface area contributed by atoms with Crippen LogP contribution in [0, 0.1) is 0 Å². The first-order valence-electron chi connectivity index (χ1n) is 4.59. The maximum absolute atomic E-state index is 11.1. The Morgan fingerprint density at radius 2 is 2.07 bits per heavy atom. The molecule has 1 saturated carbocycles. The molecule has 76 valence electrons. The summed E-state index contributed by atoms with van der Waals surface area (Å²) in [5.41, 5.74) is -0.777. The summed E-state index contributed by atoms with van der Waals surface area (Å²) in [5, 5.41) is 12.3. The van der Waals surface area contributed by atoms with Crippen molar-refractivity contribution in [2.45, 2.75) is 31.3 Å². The summed E-state index contributed by atoms with van der Waals surface area (Å²) in [6, 6.07) is 1.94. The van der Waals surface area contributed by atoms with E-state index in [9.17, 15) is 9.90 Å². The monoisotopic (exact) mass is 274 g/mol. The average Bonchev–Trinajstić information content (AvgIpc) is 2.58. The van der Waals surface area contributed by atoms with Crippen molar-refractivity contribution in [3.8, 4) is 0 Å². The fourth-order valence-corrected chi connectivity index (χ4v) is 3.70. The molecule has 14 heavy (non-hydrogen) atoms. The number of aliphatic hydroxyl groups is 1. The van der Waals surface area contributed by atoms with Crippen molar-refractivity contribution in [1.29, 1.82) is 0 Å². The molecule has 1 heterocycles. The van der Waals surface area contributed by atoms with Crippen molar-refractivity contribution in [2.24, 2.45) is 0 Å². The van der Waals surface area contributed by atoms with Crippen molar-refractivity contribution < 1.29 is 9.90 Å². The molecule has 2 rings (SSSR count). The van der Waals surface area contributed by atoms with Gasteiger partial charge in [-0.2, -0.15) is 0 Å². The largest absolute Gasteiger partial charge is 0.384 e. The molecule has 1 aliphatic rings. The van der Waals surface area contributed by atoms with Gasteiger partial charge in [0.15, 0.2) is 0 Å². The predicted molar refractivity (Wildman–Crippen MR) is 59.4 cm³/mol. The second kappa shape index (κ2) is 3.76. The Kier molecular flexibility index (Phi) is 2.77. The molecule has 1 aromatic rings. The minimum absolute atomic E-state index is 0.266. The molecule has 0 aliphatic heterocycles. The number of hydrogen-bond donors (Lipinski definition) is 1. The van der Waals surface area contributed by atoms with Gasteiger partial charge in [0.2, 0.25) is 0 Å². The Labute approximate surface area is 95.1 Å². The molecule has 0 amide bonds. The van der Waals surface area contributed by atoms with Gasteiger partial charge in [0.25, 0.3) is 0 Å². The van der Waals surface area contributed by atoms with Crippen LogP contribution in [0.25, 0.3) is 0 Å². The summed E-state index contributed by atoms with van der Waals surface area (Å²) in [6.45, 7) is 0. The lowest BCUT2D eigenvalue weighted by molar-refractivity contribution is -0.125. The van der Waals surface area contributed by atoms with E-state index in [1.54, 1.807) is 11.3 Å². The molecule has 0 saturated heterocycles. The zero-order valence-electron chi connectivity index (χ0n) is 7.62. The number of thiophene rings is 1. The SMILES string of the molecule is O=C1CCC(O)(c2sccc2Br)CC1. The standard InChI is InChI=1S/C10H11BrO2S/c11-8-3-6-14-9(8)10(13)4-1-7(12)2-5-10/h3,6,13H,1-2,4-5H2. The van der Waals surface area contributed by atoms with Crippen LogP contribution in [0.3, 0.4) is 0 Å². The van der Waals surface area contributed by atoms with Crippen LogP contribution in [0.2, 0.25) is 0 Å². The van der Waals surface area contributed by atoms with Crippen LogP contribution in [0.4, 0.5) is 0 Å². The number of rotatable bonds is 1. The second-order valence-electron chi connectivity index (χ2n) is 3.67. The first-order valence-corrected chi connectivity index (χ1v) is 6.27. The highest BCUT2D eigenvalue weighted by Crippen LogP contribution is 2.41. The fraction of sp³-hybridized carbons (Fsp3) is 0.500. The first-order chi connectivity index (χ1) is 6.62. The molecule has 4 heteroatoms. The molecule has 0 bridgehead atoms. The fourth-order valence-electron chi connectivity index (χ4n) is 1.80. The number of hydrogen-bond acceptors (Lipinski definition) is 3. The molecule has 0 spiro atoms. The van der Waals surface area contributed by atoms with Crippen LogP contribution in [0.1, 0.15) is 30.6 Å². The summed E-state index contributed by atoms with van der Waals surface area (Å²) >= 11 is 4.97. The van der Waals surface area contributed by atoms with Gasteiger partial charge >= 0.3 is 0 Å². The lowest BCUT2D eigenvalue weighted by atomic mass is 9.83. The van der Waals surface area contributed by atoms with E-state index in [1.165, 1.54) is 0 Å². The Morgan fingerprint density at radius 3 is 2.57 bits per heavy atom. The number of Topliss-reactive ketones (excluding diaryl/α,β-unsaturated/α-hetero) is 1. The number of halogens is 1. The quantitative estimate of drug-likeness (QED) is 0.855. The van der Waals surface area contributed by atoms with Gasteiger partial charge in [-0.1, -0.05) is 0 Å². The average molecular weight is 275 g/mol. The molecule has 1 N–H and O–H groups in total. The van der Waals surface area contributed by atoms with Crippen molar-refractivity contribution in [3.05, 3.63) is 20.8 Å². The highest BCUT2D eigenvalue weighted by Gasteiger charge is 2.36. The van der Waals surface area contributed by atoms with Gasteiger partial charge in [0.05, 0.1) is 4.88 Å². The van der Waals surface area contributed by atoms with Gasteiger partial charge in [-0.15, -0.1) is 11.3 Å². The van der Waals surface area contributed by atoms with E-state index in [1.807, 2.05) is 11.4 Å². The minimum Gasteiger partial charge on any atom is -0.384 e. The summed E-state index contributed by atoms with van der Waals surface area (Å²) < 4.78 is 0.958. The van der Waals surface area contributed by atoms with Crippen LogP contribution in [-0.2, 0) is 10.4 Å². The molecule has 1 aromatic heterocycles. The molecule has 1 aliphatic carbocycles. The zero-order chi connectivity index (χ0) is 10.2. The molecule has 0 radical (unpaired) electrons. The normalized spacial score (nSPS) is 21.1. The Balaban J connectivity index is 2.25. The predicted octanol–water partition coefficient (Wildman–Crippen LogP) is 2.84. The van der Waals surface area contributed by atoms with E-state index in [0.717, 1.165) is 9.35 Å². The third-order valence-electron chi connectivity index (χ3n) is 2.67. The van der Waals surface area contributed by atoms with Crippen LogP contribution >= 0.6 is 27.3 Å². The van der Waals surface area contributed by atoms with Gasteiger partial charge in [-0.05, 0) is 40.2 Å². The third kappa shape index (κ3) is 1.78. The Hall–Kier alpha value is -0.190. The number of carbonyl (C=O) groups is 1. The molecule has 1 fully saturated rings. The minimum atomic E-state index is -0.777. The molecule has 0 aromatic carbocycles. The van der Waals surface area contributed by atoms with E-state index in [0.29, 0.717) is 25.7 Å². The first kappa shape index (κ1) is 10.3. The van der Waals surface area contributed by atoms with Gasteiger partial charge in [0, 0.05) is 17.3 Å². The third-order valence-corrected chi connectivity index (χ3v) is 4.71. The van der Waals surface area contributed by atoms with E-state index in [2.05, 4.69) is 15.9 Å². The van der Waals surface area contributed by atoms with Crippen LogP contribution in [0.15, 0.2) is 15.9 Å². The van der Waals surface area contributed by atoms with Crippen LogP contribution in [0.5, 0.6) is 0 Å². The topological polar surface area (TPSA) is 37.3 Å². The highest BCUT2D eigenvalue weighted by molar-refractivity contribution is 9.10. The maximum atomic E-state index is 11.1. The van der Waals surface area contributed by atoms with Gasteiger partial charge in [0.1, 0.15) is 11.4 Å². The second-order valence-corrected chi connectivity index (χ2v) is 5.44.